The van der Waals surface area contributed by atoms with E-state index in [1.54, 1.807) is 0 Å². The number of benzene rings is 2. The van der Waals surface area contributed by atoms with Gasteiger partial charge in [0.1, 0.15) is 0 Å². The van der Waals surface area contributed by atoms with Crippen LogP contribution in [0.2, 0.25) is 0 Å². The molecule has 2 aromatic rings. The van der Waals surface area contributed by atoms with E-state index in [0.717, 1.165) is 28.7 Å². The van der Waals surface area contributed by atoms with Gasteiger partial charge in [-0.2, -0.15) is 0 Å². The van der Waals surface area contributed by atoms with Crippen molar-refractivity contribution in [1.82, 2.24) is 0 Å². The lowest BCUT2D eigenvalue weighted by Gasteiger charge is -2.31. The third kappa shape index (κ3) is 4.48. The molecule has 27 heavy (non-hydrogen) atoms. The molecule has 0 aliphatic heterocycles. The van der Waals surface area contributed by atoms with Gasteiger partial charge in [0.05, 0.1) is 0 Å². The summed E-state index contributed by atoms with van der Waals surface area (Å²) in [5.41, 5.74) is 11.1. The number of fused-ring (bicyclic) bond motifs is 1. The highest BCUT2D eigenvalue weighted by atomic mass is 16.3. The van der Waals surface area contributed by atoms with Crippen LogP contribution in [-0.4, -0.2) is 40.0 Å². The summed E-state index contributed by atoms with van der Waals surface area (Å²) in [7, 11) is 0. The molecule has 2 aromatic carbocycles. The van der Waals surface area contributed by atoms with Crippen molar-refractivity contribution in [1.29, 1.82) is 0 Å². The number of phenols is 2. The number of aromatic hydroxyl groups is 2. The van der Waals surface area contributed by atoms with Crippen LogP contribution in [0.3, 0.4) is 0 Å². The molecule has 1 unspecified atom stereocenters. The third-order valence-corrected chi connectivity index (χ3v) is 4.81. The molecule has 0 spiro atoms. The van der Waals surface area contributed by atoms with Gasteiger partial charge < -0.3 is 26.2 Å². The number of aliphatic hydroxyl groups is 1. The predicted octanol–water partition coefficient (Wildman–Crippen LogP) is 2.62. The number of hydrogen-bond acceptors (Lipinski definition) is 5. The van der Waals surface area contributed by atoms with E-state index in [2.05, 4.69) is 12.1 Å². The molecule has 6 N–H and O–H groups in total. The van der Waals surface area contributed by atoms with Crippen molar-refractivity contribution in [2.45, 2.75) is 25.2 Å². The van der Waals surface area contributed by atoms with Gasteiger partial charge in [-0.15, -0.1) is 0 Å². The molecular weight excluding hydrogens is 346 g/mol. The van der Waals surface area contributed by atoms with Crippen molar-refractivity contribution in [2.75, 3.05) is 13.2 Å². The Morgan fingerprint density at radius 1 is 1.11 bits per heavy atom. The van der Waals surface area contributed by atoms with Crippen LogP contribution in [0.5, 0.6) is 11.5 Å². The zero-order chi connectivity index (χ0) is 19.8. The Labute approximate surface area is 158 Å². The maximum Gasteiger partial charge on any atom is 0.290 e. The summed E-state index contributed by atoms with van der Waals surface area (Å²) in [5.74, 6) is -0.0622. The van der Waals surface area contributed by atoms with Gasteiger partial charge in [-0.25, -0.2) is 0 Å². The minimum Gasteiger partial charge on any atom is -0.504 e. The maximum absolute atomic E-state index is 10.3. The lowest BCUT2D eigenvalue weighted by atomic mass is 9.73. The zero-order valence-electron chi connectivity index (χ0n) is 15.0. The molecule has 3 rings (SSSR count). The number of carboxylic acid groups (broad SMARTS) is 1. The van der Waals surface area contributed by atoms with Crippen molar-refractivity contribution in [3.05, 3.63) is 64.7 Å². The molecule has 0 heterocycles. The van der Waals surface area contributed by atoms with E-state index in [9.17, 15) is 15.3 Å². The highest BCUT2D eigenvalue weighted by molar-refractivity contribution is 5.78. The fraction of sp³-hybridized carbons (Fsp3) is 0.286. The first-order chi connectivity index (χ1) is 13.1. The molecule has 0 saturated carbocycles. The first-order valence-electron chi connectivity index (χ1n) is 8.78. The Kier molecular flexibility index (Phi) is 7.40. The van der Waals surface area contributed by atoms with E-state index in [1.807, 2.05) is 24.3 Å². The Morgan fingerprint density at radius 3 is 2.37 bits per heavy atom. The molecule has 0 bridgehead atoms. The van der Waals surface area contributed by atoms with E-state index < -0.39 is 0 Å². The minimum absolute atomic E-state index is 0.0550. The summed E-state index contributed by atoms with van der Waals surface area (Å²) < 4.78 is 0. The maximum atomic E-state index is 10.3. The molecule has 0 fully saturated rings. The largest absolute Gasteiger partial charge is 0.504 e. The average molecular weight is 371 g/mol. The van der Waals surface area contributed by atoms with Crippen LogP contribution in [0, 0.1) is 0 Å². The number of allylic oxidation sites excluding steroid dienone is 1. The molecular formula is C21H25NO5. The van der Waals surface area contributed by atoms with Gasteiger partial charge in [0.25, 0.3) is 6.47 Å². The van der Waals surface area contributed by atoms with E-state index in [-0.39, 0.29) is 30.5 Å². The molecule has 0 radical (unpaired) electrons. The summed E-state index contributed by atoms with van der Waals surface area (Å²) >= 11 is 0. The Morgan fingerprint density at radius 2 is 1.78 bits per heavy atom. The van der Waals surface area contributed by atoms with Crippen molar-refractivity contribution in [3.63, 3.8) is 0 Å². The minimum atomic E-state index is -0.250. The van der Waals surface area contributed by atoms with E-state index in [1.165, 1.54) is 11.6 Å². The van der Waals surface area contributed by atoms with E-state index >= 15 is 0 Å². The normalized spacial score (nSPS) is 15.6. The molecule has 1 atom stereocenters. The molecule has 6 nitrogen and oxygen atoms in total. The van der Waals surface area contributed by atoms with Crippen molar-refractivity contribution in [2.24, 2.45) is 5.73 Å². The van der Waals surface area contributed by atoms with Gasteiger partial charge >= 0.3 is 0 Å². The fourth-order valence-electron chi connectivity index (χ4n) is 3.66. The number of carbonyl (C=O) groups is 1. The first-order valence-corrected chi connectivity index (χ1v) is 8.78. The number of rotatable bonds is 5. The quantitative estimate of drug-likeness (QED) is 0.406. The summed E-state index contributed by atoms with van der Waals surface area (Å²) in [6, 6.07) is 13.5. The van der Waals surface area contributed by atoms with Gasteiger partial charge in [0, 0.05) is 24.6 Å². The molecule has 6 heteroatoms. The second-order valence-electron chi connectivity index (χ2n) is 6.27. The summed E-state index contributed by atoms with van der Waals surface area (Å²) in [5, 5.41) is 36.3. The predicted molar refractivity (Wildman–Crippen MR) is 104 cm³/mol. The van der Waals surface area contributed by atoms with Gasteiger partial charge in [0.2, 0.25) is 0 Å². The first kappa shape index (κ1) is 20.5. The molecule has 144 valence electrons. The fourth-order valence-corrected chi connectivity index (χ4v) is 3.66. The molecule has 0 aromatic heterocycles. The van der Waals surface area contributed by atoms with Crippen LogP contribution in [0.25, 0.3) is 5.57 Å². The summed E-state index contributed by atoms with van der Waals surface area (Å²) in [6.45, 7) is 0.248. The Balaban J connectivity index is 0.000000817. The van der Waals surface area contributed by atoms with Crippen molar-refractivity contribution < 1.29 is 25.2 Å². The number of nitrogens with two attached hydrogens (primary N) is 1. The summed E-state index contributed by atoms with van der Waals surface area (Å²) in [4.78, 5) is 8.36. The molecule has 1 aliphatic carbocycles. The van der Waals surface area contributed by atoms with Crippen LogP contribution in [-0.2, 0) is 11.2 Å². The van der Waals surface area contributed by atoms with E-state index in [4.69, 9.17) is 15.6 Å². The molecule has 0 saturated heterocycles. The highest BCUT2D eigenvalue weighted by Gasteiger charge is 2.30. The van der Waals surface area contributed by atoms with Gasteiger partial charge in [0.15, 0.2) is 11.5 Å². The monoisotopic (exact) mass is 371 g/mol. The number of phenolic OH excluding ortho intramolecular Hbond substituents is 2. The lowest BCUT2D eigenvalue weighted by Crippen LogP contribution is -2.19. The SMILES string of the molecule is NCC1=C(CCCO)C(c2ccccc2)Cc2c1ccc(O)c2O.O=CO. The average Bonchev–Trinajstić information content (AvgIpc) is 2.69. The smallest absolute Gasteiger partial charge is 0.290 e. The van der Waals surface area contributed by atoms with Crippen LogP contribution >= 0.6 is 0 Å². The van der Waals surface area contributed by atoms with Crippen LogP contribution in [0.4, 0.5) is 0 Å². The van der Waals surface area contributed by atoms with Crippen LogP contribution in [0.15, 0.2) is 48.0 Å². The standard InChI is InChI=1S/C20H23NO3.CH2O2/c21-12-18-14(7-4-10-22)16(13-5-2-1-3-6-13)11-17-15(18)8-9-19(23)20(17)24;2-1-3/h1-3,5-6,8-9,16,22-24H,4,7,10-12,21H2;1H,(H,2,3). The topological polar surface area (TPSA) is 124 Å². The van der Waals surface area contributed by atoms with Crippen LogP contribution in [0.1, 0.15) is 35.4 Å². The van der Waals surface area contributed by atoms with Gasteiger partial charge in [-0.3, -0.25) is 4.79 Å². The van der Waals surface area contributed by atoms with Gasteiger partial charge in [-0.1, -0.05) is 42.0 Å². The highest BCUT2D eigenvalue weighted by Crippen LogP contribution is 2.46. The zero-order valence-corrected chi connectivity index (χ0v) is 15.0. The van der Waals surface area contributed by atoms with E-state index in [0.29, 0.717) is 19.4 Å². The Hall–Kier alpha value is -2.83. The van der Waals surface area contributed by atoms with Crippen molar-refractivity contribution in [3.8, 4) is 11.5 Å². The number of hydrogen-bond donors (Lipinski definition) is 5. The molecule has 0 amide bonds. The second kappa shape index (κ2) is 9.75. The number of aliphatic hydroxyl groups excluding tert-OH is 1. The molecule has 1 aliphatic rings. The second-order valence-corrected chi connectivity index (χ2v) is 6.27. The van der Waals surface area contributed by atoms with Crippen molar-refractivity contribution >= 4 is 12.0 Å². The summed E-state index contributed by atoms with van der Waals surface area (Å²) in [6.07, 6.45) is 2.06. The third-order valence-electron chi connectivity index (χ3n) is 4.81. The Bertz CT molecular complexity index is 802. The van der Waals surface area contributed by atoms with Crippen LogP contribution < -0.4 is 5.73 Å². The lowest BCUT2D eigenvalue weighted by molar-refractivity contribution is -0.122. The van der Waals surface area contributed by atoms with Gasteiger partial charge in [-0.05, 0) is 42.0 Å².